The van der Waals surface area contributed by atoms with Crippen LogP contribution in [0.4, 0.5) is 4.79 Å². The molecule has 6 heteroatoms. The summed E-state index contributed by atoms with van der Waals surface area (Å²) in [6.07, 6.45) is 4.52. The van der Waals surface area contributed by atoms with Crippen molar-refractivity contribution in [2.45, 2.75) is 97.4 Å². The summed E-state index contributed by atoms with van der Waals surface area (Å²) in [5.74, 6) is 1.44. The number of piperazine rings is 1. The second kappa shape index (κ2) is 12.3. The van der Waals surface area contributed by atoms with Crippen LogP contribution in [0.3, 0.4) is 0 Å². The van der Waals surface area contributed by atoms with Gasteiger partial charge in [-0.05, 0) is 93.5 Å². The molecule has 2 aliphatic heterocycles. The standard InChI is InChI=1S/C35H51N3O3/c1-7-40-29-14-12-27(13-15-29)24-36-20-21-38(32(25-36)31-11-9-8-10-30(31)26(2)3)28-22-35(23-28)16-18-37(19-17-35)33(39)41-34(4,5)6/h8-15,26,28,32H,7,16-25H2,1-6H3. The maximum absolute atomic E-state index is 12.6. The molecule has 224 valence electrons. The van der Waals surface area contributed by atoms with Crippen LogP contribution in [0, 0.1) is 5.41 Å². The number of piperidine rings is 1. The first kappa shape index (κ1) is 29.9. The number of carbonyl (C=O) groups excluding carboxylic acids is 1. The van der Waals surface area contributed by atoms with E-state index in [0.29, 0.717) is 30.0 Å². The number of rotatable bonds is 7. The van der Waals surface area contributed by atoms with Crippen molar-refractivity contribution in [1.82, 2.24) is 14.7 Å². The maximum atomic E-state index is 12.6. The fourth-order valence-electron chi connectivity index (χ4n) is 7.24. The Morgan fingerprint density at radius 1 is 0.976 bits per heavy atom. The van der Waals surface area contributed by atoms with E-state index in [1.54, 1.807) is 0 Å². The van der Waals surface area contributed by atoms with E-state index in [-0.39, 0.29) is 6.09 Å². The van der Waals surface area contributed by atoms with E-state index >= 15 is 0 Å². The van der Waals surface area contributed by atoms with Crippen LogP contribution in [0.2, 0.25) is 0 Å². The Bertz CT molecular complexity index is 1160. The van der Waals surface area contributed by atoms with Gasteiger partial charge in [-0.15, -0.1) is 0 Å². The van der Waals surface area contributed by atoms with Crippen LogP contribution in [-0.4, -0.2) is 71.8 Å². The number of nitrogens with zero attached hydrogens (tertiary/aromatic N) is 3. The third-order valence-corrected chi connectivity index (χ3v) is 9.41. The summed E-state index contributed by atoms with van der Waals surface area (Å²) >= 11 is 0. The average Bonchev–Trinajstić information content (AvgIpc) is 2.92. The first-order chi connectivity index (χ1) is 19.6. The molecule has 3 fully saturated rings. The average molecular weight is 562 g/mol. The largest absolute Gasteiger partial charge is 0.494 e. The summed E-state index contributed by atoms with van der Waals surface area (Å²) in [4.78, 5) is 20.0. The van der Waals surface area contributed by atoms with E-state index < -0.39 is 5.60 Å². The van der Waals surface area contributed by atoms with E-state index in [0.717, 1.165) is 57.9 Å². The van der Waals surface area contributed by atoms with Gasteiger partial charge in [-0.1, -0.05) is 50.2 Å². The van der Waals surface area contributed by atoms with Gasteiger partial charge in [0.2, 0.25) is 0 Å². The third-order valence-electron chi connectivity index (χ3n) is 9.41. The summed E-state index contributed by atoms with van der Waals surface area (Å²) in [6.45, 7) is 19.0. The molecule has 2 aromatic rings. The van der Waals surface area contributed by atoms with Crippen LogP contribution in [0.1, 0.15) is 95.9 Å². The first-order valence-corrected chi connectivity index (χ1v) is 15.8. The summed E-state index contributed by atoms with van der Waals surface area (Å²) in [5.41, 5.74) is 4.26. The maximum Gasteiger partial charge on any atom is 0.410 e. The van der Waals surface area contributed by atoms with Crippen molar-refractivity contribution in [2.24, 2.45) is 5.41 Å². The minimum atomic E-state index is -0.440. The first-order valence-electron chi connectivity index (χ1n) is 15.8. The summed E-state index contributed by atoms with van der Waals surface area (Å²) in [5, 5.41) is 0. The van der Waals surface area contributed by atoms with E-state index in [1.807, 2.05) is 32.6 Å². The van der Waals surface area contributed by atoms with Gasteiger partial charge in [0.15, 0.2) is 0 Å². The topological polar surface area (TPSA) is 45.2 Å². The molecule has 5 rings (SSSR count). The zero-order chi connectivity index (χ0) is 29.2. The summed E-state index contributed by atoms with van der Waals surface area (Å²) in [7, 11) is 0. The molecule has 2 heterocycles. The van der Waals surface area contributed by atoms with Crippen molar-refractivity contribution in [2.75, 3.05) is 39.3 Å². The fraction of sp³-hybridized carbons (Fsp3) is 0.629. The van der Waals surface area contributed by atoms with Crippen molar-refractivity contribution >= 4 is 6.09 Å². The second-order valence-corrected chi connectivity index (χ2v) is 13.9. The zero-order valence-electron chi connectivity index (χ0n) is 26.2. The molecule has 1 atom stereocenters. The molecular formula is C35H51N3O3. The lowest BCUT2D eigenvalue weighted by Crippen LogP contribution is -2.60. The van der Waals surface area contributed by atoms with Gasteiger partial charge in [0.05, 0.1) is 6.61 Å². The van der Waals surface area contributed by atoms with Crippen molar-refractivity contribution in [1.29, 1.82) is 0 Å². The van der Waals surface area contributed by atoms with E-state index in [4.69, 9.17) is 9.47 Å². The minimum absolute atomic E-state index is 0.155. The van der Waals surface area contributed by atoms with Gasteiger partial charge in [-0.25, -0.2) is 4.79 Å². The molecular weight excluding hydrogens is 510 g/mol. The Morgan fingerprint density at radius 2 is 1.66 bits per heavy atom. The van der Waals surface area contributed by atoms with Crippen LogP contribution in [0.5, 0.6) is 5.75 Å². The number of hydrogen-bond donors (Lipinski definition) is 0. The molecule has 1 spiro atoms. The SMILES string of the molecule is CCOc1ccc(CN2CCN(C3CC4(CCN(C(=O)OC(C)(C)C)CC4)C3)C(c3ccccc3C(C)C)C2)cc1. The number of amides is 1. The highest BCUT2D eigenvalue weighted by Crippen LogP contribution is 2.53. The molecule has 1 unspecified atom stereocenters. The molecule has 3 aliphatic rings. The number of hydrogen-bond acceptors (Lipinski definition) is 5. The predicted octanol–water partition coefficient (Wildman–Crippen LogP) is 7.25. The van der Waals surface area contributed by atoms with Crippen LogP contribution in [0.25, 0.3) is 0 Å². The molecule has 0 bridgehead atoms. The van der Waals surface area contributed by atoms with Crippen molar-refractivity contribution < 1.29 is 14.3 Å². The van der Waals surface area contributed by atoms with Gasteiger partial charge < -0.3 is 14.4 Å². The monoisotopic (exact) mass is 561 g/mol. The van der Waals surface area contributed by atoms with E-state index in [1.165, 1.54) is 29.5 Å². The molecule has 0 N–H and O–H groups in total. The number of carbonyl (C=O) groups is 1. The highest BCUT2D eigenvalue weighted by Gasteiger charge is 2.50. The van der Waals surface area contributed by atoms with Gasteiger partial charge >= 0.3 is 6.09 Å². The molecule has 1 saturated carbocycles. The fourth-order valence-corrected chi connectivity index (χ4v) is 7.24. The molecule has 2 aromatic carbocycles. The third kappa shape index (κ3) is 7.09. The molecule has 2 saturated heterocycles. The van der Waals surface area contributed by atoms with Crippen molar-refractivity contribution in [3.8, 4) is 5.75 Å². The van der Waals surface area contributed by atoms with Crippen molar-refractivity contribution in [3.63, 3.8) is 0 Å². The van der Waals surface area contributed by atoms with E-state index in [2.05, 4.69) is 72.2 Å². The predicted molar refractivity (Wildman–Crippen MR) is 165 cm³/mol. The van der Waals surface area contributed by atoms with E-state index in [9.17, 15) is 4.79 Å². The molecule has 6 nitrogen and oxygen atoms in total. The molecule has 1 aliphatic carbocycles. The number of benzene rings is 2. The number of ether oxygens (including phenoxy) is 2. The van der Waals surface area contributed by atoms with Gasteiger partial charge in [-0.2, -0.15) is 0 Å². The van der Waals surface area contributed by atoms with Crippen LogP contribution in [0.15, 0.2) is 48.5 Å². The van der Waals surface area contributed by atoms with Crippen LogP contribution < -0.4 is 4.74 Å². The Balaban J connectivity index is 1.26. The molecule has 1 amide bonds. The normalized spacial score (nSPS) is 22.1. The molecule has 0 aromatic heterocycles. The van der Waals surface area contributed by atoms with Crippen molar-refractivity contribution in [3.05, 3.63) is 65.2 Å². The van der Waals surface area contributed by atoms with Gasteiger partial charge in [0.1, 0.15) is 11.4 Å². The Labute approximate surface area is 248 Å². The zero-order valence-corrected chi connectivity index (χ0v) is 26.2. The lowest BCUT2D eigenvalue weighted by molar-refractivity contribution is -0.0782. The number of likely N-dealkylation sites (tertiary alicyclic amines) is 1. The summed E-state index contributed by atoms with van der Waals surface area (Å²) in [6, 6.07) is 18.8. The molecule has 0 radical (unpaired) electrons. The second-order valence-electron chi connectivity index (χ2n) is 13.9. The van der Waals surface area contributed by atoms with Gasteiger partial charge in [0.25, 0.3) is 0 Å². The lowest BCUT2D eigenvalue weighted by atomic mass is 9.59. The quantitative estimate of drug-likeness (QED) is 0.356. The summed E-state index contributed by atoms with van der Waals surface area (Å²) < 4.78 is 11.3. The highest BCUT2D eigenvalue weighted by molar-refractivity contribution is 5.68. The Hall–Kier alpha value is -2.57. The van der Waals surface area contributed by atoms with Crippen LogP contribution >= 0.6 is 0 Å². The molecule has 41 heavy (non-hydrogen) atoms. The van der Waals surface area contributed by atoms with Crippen LogP contribution in [-0.2, 0) is 11.3 Å². The Morgan fingerprint density at radius 3 is 2.29 bits per heavy atom. The Kier molecular flexibility index (Phi) is 9.01. The van der Waals surface area contributed by atoms with Gasteiger partial charge in [-0.3, -0.25) is 9.80 Å². The minimum Gasteiger partial charge on any atom is -0.494 e. The smallest absolute Gasteiger partial charge is 0.410 e. The lowest BCUT2D eigenvalue weighted by Gasteiger charge is -2.58. The highest BCUT2D eigenvalue weighted by atomic mass is 16.6. The van der Waals surface area contributed by atoms with Gasteiger partial charge in [0, 0.05) is 51.4 Å².